The number of ether oxygens (including phenoxy) is 3. The number of hydrogen-bond donors (Lipinski definition) is 4. The maximum Gasteiger partial charge on any atom is 0.342 e. The summed E-state index contributed by atoms with van der Waals surface area (Å²) in [6.45, 7) is 1.68. The van der Waals surface area contributed by atoms with Crippen molar-refractivity contribution in [2.45, 2.75) is 56.4 Å². The van der Waals surface area contributed by atoms with Crippen LogP contribution in [-0.4, -0.2) is 64.0 Å². The van der Waals surface area contributed by atoms with Gasteiger partial charge in [-0.25, -0.2) is 4.79 Å². The molecule has 1 aromatic carbocycles. The molecule has 27 heavy (non-hydrogen) atoms. The van der Waals surface area contributed by atoms with Gasteiger partial charge in [-0.05, 0) is 13.0 Å². The monoisotopic (exact) mass is 380 g/mol. The average Bonchev–Trinajstić information content (AvgIpc) is 2.59. The van der Waals surface area contributed by atoms with Crippen molar-refractivity contribution in [3.63, 3.8) is 0 Å². The van der Waals surface area contributed by atoms with E-state index >= 15 is 0 Å². The number of fused-ring (bicyclic) bond motifs is 4. The summed E-state index contributed by atoms with van der Waals surface area (Å²) in [6, 6.07) is 2.74. The van der Waals surface area contributed by atoms with E-state index in [4.69, 9.17) is 14.2 Å². The van der Waals surface area contributed by atoms with Gasteiger partial charge in [0.2, 0.25) is 0 Å². The zero-order chi connectivity index (χ0) is 19.7. The van der Waals surface area contributed by atoms with E-state index in [2.05, 4.69) is 0 Å². The number of carbonyl (C=O) groups excluding carboxylic acids is 1. The van der Waals surface area contributed by atoms with Gasteiger partial charge in [-0.1, -0.05) is 12.2 Å². The fraction of sp³-hybridized carbons (Fsp3) is 0.526. The van der Waals surface area contributed by atoms with Gasteiger partial charge in [-0.3, -0.25) is 0 Å². The lowest BCUT2D eigenvalue weighted by atomic mass is 9.88. The average molecular weight is 380 g/mol. The van der Waals surface area contributed by atoms with Crippen LogP contribution >= 0.6 is 0 Å². The Labute approximate surface area is 156 Å². The Kier molecular flexibility index (Phi) is 5.71. The molecular formula is C19H24O8. The molecule has 6 atom stereocenters. The number of phenolic OH excluding ortho intramolecular Hbond substituents is 1. The van der Waals surface area contributed by atoms with Crippen LogP contribution in [0.2, 0.25) is 0 Å². The molecule has 2 aliphatic rings. The van der Waals surface area contributed by atoms with Gasteiger partial charge < -0.3 is 34.6 Å². The molecule has 2 heterocycles. The van der Waals surface area contributed by atoms with Gasteiger partial charge in [0, 0.05) is 24.5 Å². The minimum absolute atomic E-state index is 0.0664. The third-order valence-corrected chi connectivity index (χ3v) is 4.83. The van der Waals surface area contributed by atoms with Crippen molar-refractivity contribution in [1.29, 1.82) is 0 Å². The van der Waals surface area contributed by atoms with Crippen molar-refractivity contribution in [1.82, 2.24) is 0 Å². The van der Waals surface area contributed by atoms with Gasteiger partial charge in [0.05, 0.1) is 19.3 Å². The lowest BCUT2D eigenvalue weighted by molar-refractivity contribution is -0.193. The van der Waals surface area contributed by atoms with Crippen LogP contribution in [0.15, 0.2) is 24.3 Å². The third-order valence-electron chi connectivity index (χ3n) is 4.83. The Morgan fingerprint density at radius 3 is 2.63 bits per heavy atom. The molecule has 2 bridgehead atoms. The summed E-state index contributed by atoms with van der Waals surface area (Å²) >= 11 is 0. The zero-order valence-electron chi connectivity index (χ0n) is 15.1. The maximum atomic E-state index is 12.7. The maximum absolute atomic E-state index is 12.7. The topological polar surface area (TPSA) is 126 Å². The van der Waals surface area contributed by atoms with Gasteiger partial charge in [0.1, 0.15) is 41.5 Å². The molecule has 1 fully saturated rings. The molecule has 2 aliphatic heterocycles. The Hall–Kier alpha value is -2.13. The summed E-state index contributed by atoms with van der Waals surface area (Å²) in [4.78, 5) is 12.7. The van der Waals surface area contributed by atoms with E-state index in [9.17, 15) is 25.2 Å². The number of aliphatic hydroxyl groups excluding tert-OH is 3. The Balaban J connectivity index is 2.14. The lowest BCUT2D eigenvalue weighted by Crippen LogP contribution is -2.48. The molecule has 4 N–H and O–H groups in total. The summed E-state index contributed by atoms with van der Waals surface area (Å²) < 4.78 is 16.3. The third kappa shape index (κ3) is 3.93. The highest BCUT2D eigenvalue weighted by atomic mass is 16.5. The summed E-state index contributed by atoms with van der Waals surface area (Å²) in [7, 11) is 1.40. The highest BCUT2D eigenvalue weighted by molar-refractivity contribution is 5.94. The SMILES string of the molecule is COc1cc(O)c2c(c1)[C@@H]1O[C@H]([C@H](O)C=CC[C@H](C)OC2=O)[C@@H](O)C[C@H]1O. The van der Waals surface area contributed by atoms with E-state index in [1.165, 1.54) is 25.3 Å². The fourth-order valence-corrected chi connectivity index (χ4v) is 3.44. The summed E-state index contributed by atoms with van der Waals surface area (Å²) in [5.74, 6) is -0.864. The molecule has 1 aromatic rings. The molecule has 0 amide bonds. The van der Waals surface area contributed by atoms with Gasteiger partial charge >= 0.3 is 5.97 Å². The predicted octanol–water partition coefficient (Wildman–Crippen LogP) is 0.819. The Morgan fingerprint density at radius 2 is 1.93 bits per heavy atom. The number of aromatic hydroxyl groups is 1. The summed E-state index contributed by atoms with van der Waals surface area (Å²) in [5, 5.41) is 41.4. The van der Waals surface area contributed by atoms with Crippen LogP contribution in [0.25, 0.3) is 0 Å². The molecule has 0 saturated carbocycles. The minimum atomic E-state index is -1.16. The first-order chi connectivity index (χ1) is 12.8. The number of phenols is 1. The van der Waals surface area contributed by atoms with Crippen molar-refractivity contribution in [2.75, 3.05) is 7.11 Å². The van der Waals surface area contributed by atoms with Crippen molar-refractivity contribution < 1.29 is 39.4 Å². The number of cyclic esters (lactones) is 1. The van der Waals surface area contributed by atoms with Gasteiger partial charge in [-0.15, -0.1) is 0 Å². The molecule has 0 aromatic heterocycles. The molecular weight excluding hydrogens is 356 g/mol. The molecule has 8 heteroatoms. The first kappa shape index (κ1) is 19.6. The van der Waals surface area contributed by atoms with E-state index < -0.39 is 42.6 Å². The largest absolute Gasteiger partial charge is 0.507 e. The predicted molar refractivity (Wildman–Crippen MR) is 93.5 cm³/mol. The first-order valence-electron chi connectivity index (χ1n) is 8.80. The van der Waals surface area contributed by atoms with Crippen LogP contribution in [0.4, 0.5) is 0 Å². The summed E-state index contributed by atoms with van der Waals surface area (Å²) in [6.07, 6.45) is -2.57. The number of aliphatic hydroxyl groups is 3. The molecule has 0 spiro atoms. The van der Waals surface area contributed by atoms with E-state index in [0.29, 0.717) is 6.42 Å². The second-order valence-electron chi connectivity index (χ2n) is 6.87. The second-order valence-corrected chi connectivity index (χ2v) is 6.87. The van der Waals surface area contributed by atoms with Crippen LogP contribution in [0, 0.1) is 0 Å². The zero-order valence-corrected chi connectivity index (χ0v) is 15.1. The number of esters is 1. The van der Waals surface area contributed by atoms with Crippen molar-refractivity contribution in [3.8, 4) is 11.5 Å². The van der Waals surface area contributed by atoms with Crippen LogP contribution in [0.5, 0.6) is 11.5 Å². The van der Waals surface area contributed by atoms with Crippen LogP contribution in [0.3, 0.4) is 0 Å². The lowest BCUT2D eigenvalue weighted by Gasteiger charge is -2.39. The number of benzene rings is 1. The minimum Gasteiger partial charge on any atom is -0.507 e. The highest BCUT2D eigenvalue weighted by Crippen LogP contribution is 2.40. The fourth-order valence-electron chi connectivity index (χ4n) is 3.44. The second kappa shape index (κ2) is 7.85. The quantitative estimate of drug-likeness (QED) is 0.417. The number of carbonyl (C=O) groups is 1. The van der Waals surface area contributed by atoms with Gasteiger partial charge in [0.15, 0.2) is 0 Å². The Bertz CT molecular complexity index is 731. The van der Waals surface area contributed by atoms with Crippen LogP contribution < -0.4 is 4.74 Å². The van der Waals surface area contributed by atoms with Gasteiger partial charge in [0.25, 0.3) is 0 Å². The van der Waals surface area contributed by atoms with E-state index in [1.807, 2.05) is 0 Å². The molecule has 148 valence electrons. The number of rotatable bonds is 1. The van der Waals surface area contributed by atoms with Gasteiger partial charge in [-0.2, -0.15) is 0 Å². The van der Waals surface area contributed by atoms with Crippen LogP contribution in [-0.2, 0) is 9.47 Å². The van der Waals surface area contributed by atoms with Crippen LogP contribution in [0.1, 0.15) is 41.8 Å². The molecule has 0 radical (unpaired) electrons. The molecule has 0 unspecified atom stereocenters. The molecule has 8 nitrogen and oxygen atoms in total. The van der Waals surface area contributed by atoms with Crippen molar-refractivity contribution >= 4 is 5.97 Å². The van der Waals surface area contributed by atoms with Crippen molar-refractivity contribution in [3.05, 3.63) is 35.4 Å². The molecule has 1 saturated heterocycles. The smallest absolute Gasteiger partial charge is 0.342 e. The summed E-state index contributed by atoms with van der Waals surface area (Å²) in [5.41, 5.74) is 0.0334. The highest BCUT2D eigenvalue weighted by Gasteiger charge is 2.42. The standard InChI is InChI=1S/C19H24O8/c1-9-4-3-5-12(20)18-15(23)8-14(22)17(27-18)11-6-10(25-2)7-13(21)16(11)19(24)26-9/h3,5-7,9,12,14-15,17-18,20-23H,4,8H2,1-2H3/t9-,12+,14+,15-,17-,18+/m0/s1. The van der Waals surface area contributed by atoms with Crippen molar-refractivity contribution in [2.24, 2.45) is 0 Å². The van der Waals surface area contributed by atoms with E-state index in [-0.39, 0.29) is 29.0 Å². The molecule has 3 rings (SSSR count). The van der Waals surface area contributed by atoms with E-state index in [1.54, 1.807) is 13.0 Å². The Morgan fingerprint density at radius 1 is 1.19 bits per heavy atom. The first-order valence-corrected chi connectivity index (χ1v) is 8.80. The number of methoxy groups -OCH3 is 1. The normalized spacial score (nSPS) is 34.0. The molecule has 0 aliphatic carbocycles. The van der Waals surface area contributed by atoms with E-state index in [0.717, 1.165) is 0 Å². The number of hydrogen-bond acceptors (Lipinski definition) is 8.